The number of fused-ring (bicyclic) bond motifs is 3. The third-order valence-electron chi connectivity index (χ3n) is 4.06. The molecule has 3 heterocycles. The lowest BCUT2D eigenvalue weighted by atomic mass is 10.1. The van der Waals surface area contributed by atoms with Crippen LogP contribution in [0.5, 0.6) is 0 Å². The first-order valence-corrected chi connectivity index (χ1v) is 7.04. The summed E-state index contributed by atoms with van der Waals surface area (Å²) < 4.78 is 5.98. The Bertz CT molecular complexity index is 835. The highest BCUT2D eigenvalue weighted by Crippen LogP contribution is 2.35. The average Bonchev–Trinajstić information content (AvgIpc) is 2.76. The maximum absolute atomic E-state index is 5.98. The molecule has 0 atom stereocenters. The largest absolute Gasteiger partial charge is 0.450 e. The van der Waals surface area contributed by atoms with E-state index < -0.39 is 0 Å². The van der Waals surface area contributed by atoms with Crippen LogP contribution >= 0.6 is 0 Å². The van der Waals surface area contributed by atoms with Gasteiger partial charge in [0.25, 0.3) is 0 Å². The van der Waals surface area contributed by atoms with Crippen molar-refractivity contribution in [2.75, 3.05) is 30.8 Å². The molecule has 1 aliphatic rings. The number of anilines is 2. The van der Waals surface area contributed by atoms with E-state index in [0.29, 0.717) is 6.04 Å². The molecule has 2 aromatic heterocycles. The minimum absolute atomic E-state index is 0.287. The van der Waals surface area contributed by atoms with Gasteiger partial charge in [-0.25, -0.2) is 4.98 Å². The van der Waals surface area contributed by atoms with Gasteiger partial charge in [0.05, 0.1) is 0 Å². The molecule has 1 fully saturated rings. The molecule has 4 rings (SSSR count). The first kappa shape index (κ1) is 12.4. The third-order valence-corrected chi connectivity index (χ3v) is 4.06. The van der Waals surface area contributed by atoms with Crippen molar-refractivity contribution in [3.05, 3.63) is 23.8 Å². The topological polar surface area (TPSA) is 80.2 Å². The minimum Gasteiger partial charge on any atom is -0.450 e. The Kier molecular flexibility index (Phi) is 2.56. The van der Waals surface area contributed by atoms with Gasteiger partial charge in [-0.15, -0.1) is 0 Å². The van der Waals surface area contributed by atoms with E-state index in [-0.39, 0.29) is 5.95 Å². The van der Waals surface area contributed by atoms with Gasteiger partial charge in [-0.1, -0.05) is 11.6 Å². The maximum Gasteiger partial charge on any atom is 0.222 e. The first-order valence-electron chi connectivity index (χ1n) is 7.04. The number of nitrogen functional groups attached to an aromatic ring is 1. The van der Waals surface area contributed by atoms with Crippen LogP contribution in [0.3, 0.4) is 0 Å². The Morgan fingerprint density at radius 2 is 2.14 bits per heavy atom. The van der Waals surface area contributed by atoms with Crippen LogP contribution in [-0.4, -0.2) is 36.1 Å². The van der Waals surface area contributed by atoms with E-state index in [0.717, 1.165) is 41.0 Å². The van der Waals surface area contributed by atoms with Crippen LogP contribution in [-0.2, 0) is 0 Å². The van der Waals surface area contributed by atoms with Crippen molar-refractivity contribution in [1.29, 1.82) is 0 Å². The average molecular weight is 283 g/mol. The highest BCUT2D eigenvalue weighted by atomic mass is 16.3. The third kappa shape index (κ3) is 1.83. The molecule has 0 radical (unpaired) electrons. The molecule has 0 aliphatic carbocycles. The van der Waals surface area contributed by atoms with E-state index in [2.05, 4.69) is 33.2 Å². The van der Waals surface area contributed by atoms with Crippen molar-refractivity contribution < 1.29 is 4.42 Å². The van der Waals surface area contributed by atoms with Crippen LogP contribution in [0, 0.1) is 6.92 Å². The summed E-state index contributed by atoms with van der Waals surface area (Å²) in [5, 5.41) is 4.24. The van der Waals surface area contributed by atoms with E-state index >= 15 is 0 Å². The summed E-state index contributed by atoms with van der Waals surface area (Å²) in [5.41, 5.74) is 9.40. The van der Waals surface area contributed by atoms with E-state index in [1.165, 1.54) is 5.56 Å². The van der Waals surface area contributed by atoms with Gasteiger partial charge in [-0.3, -0.25) is 0 Å². The molecule has 108 valence electrons. The summed E-state index contributed by atoms with van der Waals surface area (Å²) >= 11 is 0. The number of aryl methyl sites for hydroxylation is 1. The lowest BCUT2D eigenvalue weighted by Gasteiger charge is -2.39. The summed E-state index contributed by atoms with van der Waals surface area (Å²) in [5.74, 6) is 1.08. The van der Waals surface area contributed by atoms with Crippen molar-refractivity contribution in [3.63, 3.8) is 0 Å². The quantitative estimate of drug-likeness (QED) is 0.745. The second-order valence-corrected chi connectivity index (χ2v) is 5.58. The molecule has 3 N–H and O–H groups in total. The lowest BCUT2D eigenvalue weighted by Crippen LogP contribution is -2.57. The number of nitrogens with zero attached hydrogens (tertiary/aromatic N) is 3. The van der Waals surface area contributed by atoms with Gasteiger partial charge in [-0.2, -0.15) is 4.98 Å². The summed E-state index contributed by atoms with van der Waals surface area (Å²) in [6.07, 6.45) is 0. The second-order valence-electron chi connectivity index (χ2n) is 5.58. The van der Waals surface area contributed by atoms with Crippen LogP contribution in [0.4, 0.5) is 11.8 Å². The van der Waals surface area contributed by atoms with Crippen LogP contribution < -0.4 is 16.0 Å². The van der Waals surface area contributed by atoms with E-state index in [9.17, 15) is 0 Å². The van der Waals surface area contributed by atoms with Crippen molar-refractivity contribution in [3.8, 4) is 0 Å². The summed E-state index contributed by atoms with van der Waals surface area (Å²) in [4.78, 5) is 10.9. The van der Waals surface area contributed by atoms with Crippen LogP contribution in [0.15, 0.2) is 22.6 Å². The molecule has 21 heavy (non-hydrogen) atoms. The van der Waals surface area contributed by atoms with Crippen molar-refractivity contribution in [1.82, 2.24) is 15.3 Å². The molecule has 1 saturated heterocycles. The normalized spacial score (nSPS) is 15.8. The lowest BCUT2D eigenvalue weighted by molar-refractivity contribution is 0.446. The molecule has 6 heteroatoms. The first-order chi connectivity index (χ1) is 10.2. The van der Waals surface area contributed by atoms with Crippen molar-refractivity contribution in [2.45, 2.75) is 13.0 Å². The fourth-order valence-electron chi connectivity index (χ4n) is 2.81. The zero-order valence-electron chi connectivity index (χ0n) is 12.1. The van der Waals surface area contributed by atoms with Gasteiger partial charge in [0.15, 0.2) is 11.4 Å². The predicted octanol–water partition coefficient (Wildman–Crippen LogP) is 1.67. The van der Waals surface area contributed by atoms with Gasteiger partial charge in [-0.05, 0) is 26.1 Å². The maximum atomic E-state index is 5.98. The number of aromatic nitrogens is 2. The fraction of sp³-hybridized carbons (Fsp3) is 0.333. The monoisotopic (exact) mass is 283 g/mol. The number of nitrogens with two attached hydrogens (primary N) is 1. The highest BCUT2D eigenvalue weighted by Gasteiger charge is 2.29. The minimum atomic E-state index is 0.287. The number of nitrogens with one attached hydrogen (secondary N) is 1. The van der Waals surface area contributed by atoms with E-state index in [1.807, 2.05) is 19.2 Å². The molecule has 1 aromatic carbocycles. The Hall–Kier alpha value is -2.34. The predicted molar refractivity (Wildman–Crippen MR) is 83.5 cm³/mol. The van der Waals surface area contributed by atoms with E-state index in [1.54, 1.807) is 0 Å². The SMILES string of the molecule is CNC1CN(c2nc(N)nc3c2oc2ccc(C)cc23)C1. The molecule has 0 unspecified atom stereocenters. The summed E-state index contributed by atoms with van der Waals surface area (Å²) in [7, 11) is 1.97. The standard InChI is InChI=1S/C15H17N5O/c1-8-3-4-11-10(5-8)12-13(21-11)14(19-15(16)18-12)20-6-9(7-20)17-2/h3-5,9,17H,6-7H2,1-2H3,(H2,16,18,19). The van der Waals surface area contributed by atoms with Gasteiger partial charge in [0, 0.05) is 24.5 Å². The Morgan fingerprint density at radius 1 is 1.33 bits per heavy atom. The van der Waals surface area contributed by atoms with Crippen molar-refractivity contribution >= 4 is 33.8 Å². The molecule has 0 amide bonds. The second kappa shape index (κ2) is 4.33. The summed E-state index contributed by atoms with van der Waals surface area (Å²) in [6.45, 7) is 3.85. The highest BCUT2D eigenvalue weighted by molar-refractivity contribution is 6.06. The number of hydrogen-bond acceptors (Lipinski definition) is 6. The number of likely N-dealkylation sites (N-methyl/N-ethyl adjacent to an activating group) is 1. The molecule has 3 aromatic rings. The van der Waals surface area contributed by atoms with Crippen LogP contribution in [0.2, 0.25) is 0 Å². The Labute approximate surface area is 121 Å². The van der Waals surface area contributed by atoms with E-state index in [4.69, 9.17) is 10.2 Å². The number of benzene rings is 1. The van der Waals surface area contributed by atoms with Gasteiger partial charge in [0.1, 0.15) is 11.1 Å². The van der Waals surface area contributed by atoms with Crippen LogP contribution in [0.25, 0.3) is 22.1 Å². The molecule has 1 aliphatic heterocycles. The number of furan rings is 1. The van der Waals surface area contributed by atoms with Crippen molar-refractivity contribution in [2.24, 2.45) is 0 Å². The molecule has 6 nitrogen and oxygen atoms in total. The molecule has 0 saturated carbocycles. The number of rotatable bonds is 2. The van der Waals surface area contributed by atoms with Gasteiger partial charge >= 0.3 is 0 Å². The molecular weight excluding hydrogens is 266 g/mol. The van der Waals surface area contributed by atoms with Crippen LogP contribution in [0.1, 0.15) is 5.56 Å². The molecular formula is C15H17N5O. The fourth-order valence-corrected chi connectivity index (χ4v) is 2.81. The molecule has 0 bridgehead atoms. The summed E-state index contributed by atoms with van der Waals surface area (Å²) in [6, 6.07) is 6.56. The smallest absolute Gasteiger partial charge is 0.222 e. The van der Waals surface area contributed by atoms with Gasteiger partial charge < -0.3 is 20.4 Å². The zero-order valence-corrected chi connectivity index (χ0v) is 12.1. The Balaban J connectivity index is 1.93. The van der Waals surface area contributed by atoms with Gasteiger partial charge in [0.2, 0.25) is 5.95 Å². The molecule has 0 spiro atoms. The Morgan fingerprint density at radius 3 is 2.90 bits per heavy atom. The number of hydrogen-bond donors (Lipinski definition) is 2. The zero-order chi connectivity index (χ0) is 14.6.